The number of carboxylic acids is 1. The second-order valence-corrected chi connectivity index (χ2v) is 4.57. The molecular formula is C14H16N2O2. The third kappa shape index (κ3) is 2.27. The lowest BCUT2D eigenvalue weighted by atomic mass is 9.87. The van der Waals surface area contributed by atoms with Crippen LogP contribution in [0.5, 0.6) is 0 Å². The van der Waals surface area contributed by atoms with Gasteiger partial charge in [-0.3, -0.25) is 4.79 Å². The van der Waals surface area contributed by atoms with Crippen molar-refractivity contribution in [2.24, 2.45) is 5.92 Å². The van der Waals surface area contributed by atoms with Crippen LogP contribution in [0.1, 0.15) is 25.3 Å². The van der Waals surface area contributed by atoms with Crippen molar-refractivity contribution in [3.8, 4) is 5.69 Å². The summed E-state index contributed by atoms with van der Waals surface area (Å²) >= 11 is 0. The Morgan fingerprint density at radius 2 is 2.00 bits per heavy atom. The van der Waals surface area contributed by atoms with Crippen LogP contribution in [0.25, 0.3) is 5.69 Å². The Kier molecular flexibility index (Phi) is 3.46. The van der Waals surface area contributed by atoms with E-state index in [0.29, 0.717) is 0 Å². The Labute approximate surface area is 106 Å². The molecule has 0 amide bonds. The van der Waals surface area contributed by atoms with Crippen molar-refractivity contribution in [1.82, 2.24) is 9.78 Å². The summed E-state index contributed by atoms with van der Waals surface area (Å²) in [6, 6.07) is 9.32. The van der Waals surface area contributed by atoms with Gasteiger partial charge in [-0.1, -0.05) is 32.0 Å². The number of rotatable bonds is 4. The van der Waals surface area contributed by atoms with Crippen LogP contribution in [0, 0.1) is 5.92 Å². The van der Waals surface area contributed by atoms with Gasteiger partial charge in [-0.25, -0.2) is 4.68 Å². The maximum Gasteiger partial charge on any atom is 0.311 e. The Balaban J connectivity index is 2.54. The number of benzene rings is 1. The van der Waals surface area contributed by atoms with Gasteiger partial charge in [-0.05, 0) is 23.6 Å². The van der Waals surface area contributed by atoms with Crippen LogP contribution in [-0.2, 0) is 4.79 Å². The quantitative estimate of drug-likeness (QED) is 0.899. The summed E-state index contributed by atoms with van der Waals surface area (Å²) < 4.78 is 1.70. The molecule has 4 nitrogen and oxygen atoms in total. The standard InChI is InChI=1S/C14H16N2O2/c1-10(2)13(14(17)18)11-6-3-4-7-12(11)16-9-5-8-15-16/h3-10,13H,1-2H3,(H,17,18). The van der Waals surface area contributed by atoms with Crippen molar-refractivity contribution >= 4 is 5.97 Å². The molecule has 94 valence electrons. The first-order chi connectivity index (χ1) is 8.61. The van der Waals surface area contributed by atoms with Crippen LogP contribution in [0.15, 0.2) is 42.7 Å². The largest absolute Gasteiger partial charge is 0.481 e. The third-order valence-corrected chi connectivity index (χ3v) is 2.96. The summed E-state index contributed by atoms with van der Waals surface area (Å²) in [5.41, 5.74) is 1.62. The molecule has 18 heavy (non-hydrogen) atoms. The number of para-hydroxylation sites is 1. The Morgan fingerprint density at radius 3 is 2.56 bits per heavy atom. The topological polar surface area (TPSA) is 55.1 Å². The lowest BCUT2D eigenvalue weighted by molar-refractivity contribution is -0.139. The maximum atomic E-state index is 11.4. The molecule has 0 fully saturated rings. The molecule has 0 bridgehead atoms. The van der Waals surface area contributed by atoms with E-state index in [4.69, 9.17) is 0 Å². The summed E-state index contributed by atoms with van der Waals surface area (Å²) in [5, 5.41) is 13.6. The minimum atomic E-state index is -0.801. The molecule has 0 aliphatic carbocycles. The fourth-order valence-electron chi connectivity index (χ4n) is 2.15. The number of carbonyl (C=O) groups is 1. The Morgan fingerprint density at radius 1 is 1.28 bits per heavy atom. The van der Waals surface area contributed by atoms with E-state index >= 15 is 0 Å². The summed E-state index contributed by atoms with van der Waals surface area (Å²) in [6.07, 6.45) is 3.50. The summed E-state index contributed by atoms with van der Waals surface area (Å²) in [5.74, 6) is -1.30. The number of nitrogens with zero attached hydrogens (tertiary/aromatic N) is 2. The molecule has 1 unspecified atom stereocenters. The van der Waals surface area contributed by atoms with E-state index in [9.17, 15) is 9.90 Å². The zero-order valence-corrected chi connectivity index (χ0v) is 10.4. The summed E-state index contributed by atoms with van der Waals surface area (Å²) in [4.78, 5) is 11.4. The summed E-state index contributed by atoms with van der Waals surface area (Å²) in [7, 11) is 0. The molecule has 1 heterocycles. The Hall–Kier alpha value is -2.10. The molecule has 0 spiro atoms. The molecule has 2 aromatic rings. The SMILES string of the molecule is CC(C)C(C(=O)O)c1ccccc1-n1cccn1. The van der Waals surface area contributed by atoms with Crippen molar-refractivity contribution in [1.29, 1.82) is 0 Å². The first kappa shape index (κ1) is 12.4. The smallest absolute Gasteiger partial charge is 0.311 e. The van der Waals surface area contributed by atoms with Crippen molar-refractivity contribution < 1.29 is 9.90 Å². The zero-order chi connectivity index (χ0) is 13.1. The van der Waals surface area contributed by atoms with Gasteiger partial charge in [-0.15, -0.1) is 0 Å². The van der Waals surface area contributed by atoms with Gasteiger partial charge < -0.3 is 5.11 Å². The number of aromatic nitrogens is 2. The lowest BCUT2D eigenvalue weighted by Crippen LogP contribution is -2.19. The van der Waals surface area contributed by atoms with E-state index < -0.39 is 11.9 Å². The molecule has 0 aliphatic heterocycles. The van der Waals surface area contributed by atoms with Gasteiger partial charge >= 0.3 is 5.97 Å². The third-order valence-electron chi connectivity index (χ3n) is 2.96. The van der Waals surface area contributed by atoms with Gasteiger partial charge in [0.1, 0.15) is 0 Å². The van der Waals surface area contributed by atoms with Gasteiger partial charge in [0.15, 0.2) is 0 Å². The molecule has 0 saturated heterocycles. The van der Waals surface area contributed by atoms with E-state index in [2.05, 4.69) is 5.10 Å². The first-order valence-electron chi connectivity index (χ1n) is 5.93. The van der Waals surface area contributed by atoms with Crippen LogP contribution in [0.2, 0.25) is 0 Å². The second kappa shape index (κ2) is 5.04. The fraction of sp³-hybridized carbons (Fsp3) is 0.286. The molecule has 2 rings (SSSR count). The molecule has 0 aliphatic rings. The predicted molar refractivity (Wildman–Crippen MR) is 68.8 cm³/mol. The van der Waals surface area contributed by atoms with Crippen LogP contribution >= 0.6 is 0 Å². The fourth-order valence-corrected chi connectivity index (χ4v) is 2.15. The van der Waals surface area contributed by atoms with Crippen molar-refractivity contribution in [2.45, 2.75) is 19.8 Å². The van der Waals surface area contributed by atoms with Gasteiger partial charge in [0.05, 0.1) is 11.6 Å². The number of hydrogen-bond acceptors (Lipinski definition) is 2. The minimum Gasteiger partial charge on any atom is -0.481 e. The molecule has 1 aromatic carbocycles. The highest BCUT2D eigenvalue weighted by Crippen LogP contribution is 2.29. The van der Waals surface area contributed by atoms with Gasteiger partial charge in [0.25, 0.3) is 0 Å². The number of aliphatic carboxylic acids is 1. The average Bonchev–Trinajstić information content (AvgIpc) is 2.82. The normalized spacial score (nSPS) is 12.6. The van der Waals surface area contributed by atoms with Crippen LogP contribution < -0.4 is 0 Å². The first-order valence-corrected chi connectivity index (χ1v) is 5.93. The minimum absolute atomic E-state index is 0.0270. The highest BCUT2D eigenvalue weighted by molar-refractivity contribution is 5.78. The molecule has 1 aromatic heterocycles. The molecule has 4 heteroatoms. The van der Waals surface area contributed by atoms with Crippen molar-refractivity contribution in [3.05, 3.63) is 48.3 Å². The van der Waals surface area contributed by atoms with E-state index in [1.54, 1.807) is 10.9 Å². The molecule has 0 saturated carbocycles. The lowest BCUT2D eigenvalue weighted by Gasteiger charge is -2.19. The highest BCUT2D eigenvalue weighted by atomic mass is 16.4. The van der Waals surface area contributed by atoms with Gasteiger partial charge in [0.2, 0.25) is 0 Å². The van der Waals surface area contributed by atoms with E-state index in [0.717, 1.165) is 11.3 Å². The van der Waals surface area contributed by atoms with Crippen LogP contribution in [0.4, 0.5) is 0 Å². The average molecular weight is 244 g/mol. The molecule has 1 atom stereocenters. The maximum absolute atomic E-state index is 11.4. The van der Waals surface area contributed by atoms with E-state index in [1.165, 1.54) is 0 Å². The van der Waals surface area contributed by atoms with Crippen molar-refractivity contribution in [3.63, 3.8) is 0 Å². The highest BCUT2D eigenvalue weighted by Gasteiger charge is 2.26. The number of hydrogen-bond donors (Lipinski definition) is 1. The zero-order valence-electron chi connectivity index (χ0n) is 10.4. The Bertz CT molecular complexity index is 532. The molecule has 1 N–H and O–H groups in total. The molecule has 0 radical (unpaired) electrons. The van der Waals surface area contributed by atoms with Gasteiger partial charge in [-0.2, -0.15) is 5.10 Å². The van der Waals surface area contributed by atoms with Crippen LogP contribution in [0.3, 0.4) is 0 Å². The van der Waals surface area contributed by atoms with Gasteiger partial charge in [0, 0.05) is 12.4 Å². The monoisotopic (exact) mass is 244 g/mol. The van der Waals surface area contributed by atoms with Crippen LogP contribution in [-0.4, -0.2) is 20.9 Å². The van der Waals surface area contributed by atoms with Crippen molar-refractivity contribution in [2.75, 3.05) is 0 Å². The second-order valence-electron chi connectivity index (χ2n) is 4.57. The molecular weight excluding hydrogens is 228 g/mol. The van der Waals surface area contributed by atoms with E-state index in [1.807, 2.05) is 50.4 Å². The predicted octanol–water partition coefficient (Wildman–Crippen LogP) is 2.70. The van der Waals surface area contributed by atoms with E-state index in [-0.39, 0.29) is 5.92 Å². The summed E-state index contributed by atoms with van der Waals surface area (Å²) in [6.45, 7) is 3.83. The number of carboxylic acid groups (broad SMARTS) is 1.